The van der Waals surface area contributed by atoms with Crippen LogP contribution >= 0.6 is 0 Å². The first-order valence-electron chi connectivity index (χ1n) is 6.19. The molecule has 19 heavy (non-hydrogen) atoms. The maximum atomic E-state index is 11.6. The minimum absolute atomic E-state index is 0.0966. The van der Waals surface area contributed by atoms with E-state index in [1.165, 1.54) is 5.56 Å². The number of carbonyl (C=O) groups is 1. The van der Waals surface area contributed by atoms with Gasteiger partial charge in [0.15, 0.2) is 0 Å². The van der Waals surface area contributed by atoms with Gasteiger partial charge in [0.25, 0.3) is 0 Å². The monoisotopic (exact) mass is 256 g/mol. The Kier molecular flexibility index (Phi) is 3.90. The molecule has 1 aromatic carbocycles. The lowest BCUT2D eigenvalue weighted by Crippen LogP contribution is -2.10. The standard InChI is InChI=1S/C15H16N2O2/c1-4-19-15(18)14-16-8-7-13(17-14)12-6-5-10(2)9-11(12)3/h5-9H,4H2,1-3H3. The molecule has 0 saturated heterocycles. The van der Waals surface area contributed by atoms with Crippen LogP contribution in [0.15, 0.2) is 30.5 Å². The van der Waals surface area contributed by atoms with Crippen molar-refractivity contribution >= 4 is 5.97 Å². The Bertz CT molecular complexity index is 609. The molecule has 2 rings (SSSR count). The van der Waals surface area contributed by atoms with Crippen molar-refractivity contribution in [3.8, 4) is 11.3 Å². The number of rotatable bonds is 3. The summed E-state index contributed by atoms with van der Waals surface area (Å²) in [5, 5.41) is 0. The zero-order valence-corrected chi connectivity index (χ0v) is 11.3. The van der Waals surface area contributed by atoms with Crippen LogP contribution < -0.4 is 0 Å². The highest BCUT2D eigenvalue weighted by Crippen LogP contribution is 2.22. The maximum Gasteiger partial charge on any atom is 0.376 e. The minimum Gasteiger partial charge on any atom is -0.460 e. The second kappa shape index (κ2) is 5.61. The molecule has 98 valence electrons. The van der Waals surface area contributed by atoms with Crippen molar-refractivity contribution < 1.29 is 9.53 Å². The quantitative estimate of drug-likeness (QED) is 0.792. The highest BCUT2D eigenvalue weighted by Gasteiger charge is 2.12. The van der Waals surface area contributed by atoms with Crippen LogP contribution in [0.25, 0.3) is 11.3 Å². The summed E-state index contributed by atoms with van der Waals surface area (Å²) in [6.45, 7) is 6.14. The Hall–Kier alpha value is -2.23. The summed E-state index contributed by atoms with van der Waals surface area (Å²) >= 11 is 0. The molecule has 2 aromatic rings. The van der Waals surface area contributed by atoms with Gasteiger partial charge in [-0.1, -0.05) is 23.8 Å². The summed E-state index contributed by atoms with van der Waals surface area (Å²) in [6, 6.07) is 7.90. The van der Waals surface area contributed by atoms with Gasteiger partial charge >= 0.3 is 5.97 Å². The predicted molar refractivity (Wildman–Crippen MR) is 72.9 cm³/mol. The van der Waals surface area contributed by atoms with E-state index in [2.05, 4.69) is 16.0 Å². The van der Waals surface area contributed by atoms with E-state index in [9.17, 15) is 4.79 Å². The van der Waals surface area contributed by atoms with E-state index < -0.39 is 5.97 Å². The van der Waals surface area contributed by atoms with Gasteiger partial charge in [0.1, 0.15) is 0 Å². The average molecular weight is 256 g/mol. The number of carbonyl (C=O) groups excluding carboxylic acids is 1. The van der Waals surface area contributed by atoms with Crippen LogP contribution in [0, 0.1) is 13.8 Å². The molecule has 4 nitrogen and oxygen atoms in total. The summed E-state index contributed by atoms with van der Waals surface area (Å²) in [4.78, 5) is 19.8. The summed E-state index contributed by atoms with van der Waals surface area (Å²) in [6.07, 6.45) is 1.58. The van der Waals surface area contributed by atoms with Gasteiger partial charge < -0.3 is 4.74 Å². The lowest BCUT2D eigenvalue weighted by Gasteiger charge is -2.07. The highest BCUT2D eigenvalue weighted by molar-refractivity contribution is 5.85. The summed E-state index contributed by atoms with van der Waals surface area (Å²) in [5.41, 5.74) is 4.04. The number of ether oxygens (including phenoxy) is 1. The van der Waals surface area contributed by atoms with Crippen LogP contribution in [-0.4, -0.2) is 22.5 Å². The van der Waals surface area contributed by atoms with Crippen molar-refractivity contribution in [2.24, 2.45) is 0 Å². The number of nitrogens with zero attached hydrogens (tertiary/aromatic N) is 2. The van der Waals surface area contributed by atoms with Gasteiger partial charge in [0, 0.05) is 11.8 Å². The molecular formula is C15H16N2O2. The van der Waals surface area contributed by atoms with E-state index in [0.29, 0.717) is 6.61 Å². The fraction of sp³-hybridized carbons (Fsp3) is 0.267. The van der Waals surface area contributed by atoms with Crippen molar-refractivity contribution in [1.82, 2.24) is 9.97 Å². The van der Waals surface area contributed by atoms with Gasteiger partial charge in [-0.3, -0.25) is 0 Å². The molecule has 1 aromatic heterocycles. The van der Waals surface area contributed by atoms with Gasteiger partial charge in [-0.25, -0.2) is 14.8 Å². The number of esters is 1. The van der Waals surface area contributed by atoms with Gasteiger partial charge in [-0.2, -0.15) is 0 Å². The smallest absolute Gasteiger partial charge is 0.376 e. The second-order valence-corrected chi connectivity index (χ2v) is 4.30. The van der Waals surface area contributed by atoms with E-state index in [0.717, 1.165) is 16.8 Å². The van der Waals surface area contributed by atoms with Gasteiger partial charge in [-0.05, 0) is 32.4 Å². The Morgan fingerprint density at radius 3 is 2.74 bits per heavy atom. The first-order valence-corrected chi connectivity index (χ1v) is 6.19. The fourth-order valence-corrected chi connectivity index (χ4v) is 1.90. The Labute approximate surface area is 112 Å². The molecule has 0 N–H and O–H groups in total. The summed E-state index contributed by atoms with van der Waals surface area (Å²) in [5.74, 6) is -0.395. The van der Waals surface area contributed by atoms with E-state index in [1.807, 2.05) is 26.0 Å². The molecule has 0 saturated carbocycles. The van der Waals surface area contributed by atoms with E-state index in [-0.39, 0.29) is 5.82 Å². The van der Waals surface area contributed by atoms with Crippen molar-refractivity contribution in [1.29, 1.82) is 0 Å². The van der Waals surface area contributed by atoms with Gasteiger partial charge in [-0.15, -0.1) is 0 Å². The zero-order valence-electron chi connectivity index (χ0n) is 11.3. The van der Waals surface area contributed by atoms with Crippen molar-refractivity contribution in [2.75, 3.05) is 6.61 Å². The third-order valence-corrected chi connectivity index (χ3v) is 2.77. The lowest BCUT2D eigenvalue weighted by molar-refractivity contribution is 0.0512. The fourth-order valence-electron chi connectivity index (χ4n) is 1.90. The average Bonchev–Trinajstić information content (AvgIpc) is 2.39. The third-order valence-electron chi connectivity index (χ3n) is 2.77. The third kappa shape index (κ3) is 2.96. The first kappa shape index (κ1) is 13.2. The molecule has 0 radical (unpaired) electrons. The van der Waals surface area contributed by atoms with Crippen LogP contribution in [0.4, 0.5) is 0 Å². The molecule has 0 atom stereocenters. The van der Waals surface area contributed by atoms with Crippen LogP contribution in [0.5, 0.6) is 0 Å². The largest absolute Gasteiger partial charge is 0.460 e. The summed E-state index contributed by atoms with van der Waals surface area (Å²) < 4.78 is 4.90. The Morgan fingerprint density at radius 1 is 1.26 bits per heavy atom. The highest BCUT2D eigenvalue weighted by atomic mass is 16.5. The molecule has 4 heteroatoms. The number of benzene rings is 1. The number of hydrogen-bond acceptors (Lipinski definition) is 4. The molecule has 0 aliphatic carbocycles. The molecule has 1 heterocycles. The van der Waals surface area contributed by atoms with E-state index in [4.69, 9.17) is 4.74 Å². The molecule has 0 aliphatic rings. The van der Waals surface area contributed by atoms with Gasteiger partial charge in [0.2, 0.25) is 5.82 Å². The van der Waals surface area contributed by atoms with Crippen molar-refractivity contribution in [2.45, 2.75) is 20.8 Å². The Balaban J connectivity index is 2.40. The predicted octanol–water partition coefficient (Wildman–Crippen LogP) is 2.94. The second-order valence-electron chi connectivity index (χ2n) is 4.30. The van der Waals surface area contributed by atoms with Crippen LogP contribution in [0.3, 0.4) is 0 Å². The van der Waals surface area contributed by atoms with Crippen LogP contribution in [0.1, 0.15) is 28.7 Å². The zero-order chi connectivity index (χ0) is 13.8. The number of hydrogen-bond donors (Lipinski definition) is 0. The molecule has 0 unspecified atom stereocenters. The molecule has 0 fully saturated rings. The maximum absolute atomic E-state index is 11.6. The Morgan fingerprint density at radius 2 is 2.05 bits per heavy atom. The van der Waals surface area contributed by atoms with E-state index >= 15 is 0 Å². The molecule has 0 bridgehead atoms. The molecule has 0 amide bonds. The van der Waals surface area contributed by atoms with Crippen LogP contribution in [0.2, 0.25) is 0 Å². The molecular weight excluding hydrogens is 240 g/mol. The van der Waals surface area contributed by atoms with Crippen LogP contribution in [-0.2, 0) is 4.74 Å². The summed E-state index contributed by atoms with van der Waals surface area (Å²) in [7, 11) is 0. The number of aromatic nitrogens is 2. The SMILES string of the molecule is CCOC(=O)c1nccc(-c2ccc(C)cc2C)n1. The topological polar surface area (TPSA) is 52.1 Å². The lowest BCUT2D eigenvalue weighted by atomic mass is 10.0. The normalized spacial score (nSPS) is 10.3. The van der Waals surface area contributed by atoms with Gasteiger partial charge in [0.05, 0.1) is 12.3 Å². The molecule has 0 aliphatic heterocycles. The minimum atomic E-state index is -0.492. The van der Waals surface area contributed by atoms with Crippen molar-refractivity contribution in [3.05, 3.63) is 47.4 Å². The first-order chi connectivity index (χ1) is 9.11. The molecule has 0 spiro atoms. The van der Waals surface area contributed by atoms with Crippen molar-refractivity contribution in [3.63, 3.8) is 0 Å². The van der Waals surface area contributed by atoms with E-state index in [1.54, 1.807) is 19.2 Å². The number of aryl methyl sites for hydroxylation is 2.